The second kappa shape index (κ2) is 4.64. The lowest BCUT2D eigenvalue weighted by Crippen LogP contribution is -2.20. The van der Waals surface area contributed by atoms with Crippen molar-refractivity contribution >= 4 is 17.3 Å². The van der Waals surface area contributed by atoms with Gasteiger partial charge in [-0.2, -0.15) is 0 Å². The van der Waals surface area contributed by atoms with Crippen LogP contribution < -0.4 is 10.6 Å². The third kappa shape index (κ3) is 2.69. The Kier molecular flexibility index (Phi) is 3.41. The van der Waals surface area contributed by atoms with Gasteiger partial charge in [0, 0.05) is 19.6 Å². The van der Waals surface area contributed by atoms with Gasteiger partial charge in [-0.25, -0.2) is 0 Å². The van der Waals surface area contributed by atoms with Crippen LogP contribution in [-0.4, -0.2) is 13.6 Å². The van der Waals surface area contributed by atoms with Crippen LogP contribution in [-0.2, 0) is 0 Å². The first-order valence-corrected chi connectivity index (χ1v) is 6.22. The van der Waals surface area contributed by atoms with E-state index in [0.717, 1.165) is 28.7 Å². The molecule has 0 heterocycles. The van der Waals surface area contributed by atoms with Gasteiger partial charge < -0.3 is 10.6 Å². The minimum atomic E-state index is 0.0419. The number of hydrogen-bond acceptors (Lipinski definition) is 2. The molecule has 0 unspecified atom stereocenters. The minimum Gasteiger partial charge on any atom is -0.373 e. The number of benzene rings is 1. The zero-order valence-corrected chi connectivity index (χ0v) is 10.7. The maximum atomic E-state index is 6.27. The fraction of sp³-hybridized carbons (Fsp3) is 0.538. The molecule has 0 aliphatic heterocycles. The monoisotopic (exact) mass is 238 g/mol. The third-order valence-corrected chi connectivity index (χ3v) is 3.44. The van der Waals surface area contributed by atoms with Gasteiger partial charge in [-0.1, -0.05) is 17.7 Å². The van der Waals surface area contributed by atoms with Crippen molar-refractivity contribution in [1.82, 2.24) is 0 Å². The first-order chi connectivity index (χ1) is 7.58. The molecule has 0 spiro atoms. The maximum Gasteiger partial charge on any atom is 0.0642 e. The maximum absolute atomic E-state index is 6.27. The van der Waals surface area contributed by atoms with E-state index in [4.69, 9.17) is 17.3 Å². The number of nitrogens with two attached hydrogens (primary N) is 1. The third-order valence-electron chi connectivity index (χ3n) is 3.14. The van der Waals surface area contributed by atoms with Crippen molar-refractivity contribution in [2.45, 2.75) is 25.8 Å². The van der Waals surface area contributed by atoms with E-state index < -0.39 is 0 Å². The zero-order valence-electron chi connectivity index (χ0n) is 9.91. The summed E-state index contributed by atoms with van der Waals surface area (Å²) in [7, 11) is 2.10. The van der Waals surface area contributed by atoms with Crippen LogP contribution in [0.3, 0.4) is 0 Å². The van der Waals surface area contributed by atoms with Crippen molar-refractivity contribution in [2.75, 3.05) is 18.5 Å². The summed E-state index contributed by atoms with van der Waals surface area (Å²) in [5.74, 6) is 0.870. The second-order valence-corrected chi connectivity index (χ2v) is 5.23. The molecule has 2 rings (SSSR count). The average Bonchev–Trinajstić information content (AvgIpc) is 3.01. The largest absolute Gasteiger partial charge is 0.373 e. The lowest BCUT2D eigenvalue weighted by molar-refractivity contribution is 0.784. The average molecular weight is 239 g/mol. The van der Waals surface area contributed by atoms with Crippen molar-refractivity contribution in [3.05, 3.63) is 28.8 Å². The van der Waals surface area contributed by atoms with E-state index in [1.54, 1.807) is 0 Å². The van der Waals surface area contributed by atoms with Gasteiger partial charge in [-0.05, 0) is 43.4 Å². The van der Waals surface area contributed by atoms with Crippen LogP contribution in [0.4, 0.5) is 5.69 Å². The van der Waals surface area contributed by atoms with Crippen molar-refractivity contribution in [3.63, 3.8) is 0 Å². The van der Waals surface area contributed by atoms with Gasteiger partial charge in [-0.3, -0.25) is 0 Å². The van der Waals surface area contributed by atoms with Crippen molar-refractivity contribution in [2.24, 2.45) is 11.7 Å². The Morgan fingerprint density at radius 1 is 1.50 bits per heavy atom. The van der Waals surface area contributed by atoms with E-state index in [0.29, 0.717) is 0 Å². The van der Waals surface area contributed by atoms with Gasteiger partial charge >= 0.3 is 0 Å². The molecule has 0 bridgehead atoms. The van der Waals surface area contributed by atoms with E-state index in [1.807, 2.05) is 13.0 Å². The molecule has 0 radical (unpaired) electrons. The molecule has 1 aliphatic carbocycles. The highest BCUT2D eigenvalue weighted by Gasteiger charge is 2.23. The van der Waals surface area contributed by atoms with Crippen molar-refractivity contribution in [3.8, 4) is 0 Å². The van der Waals surface area contributed by atoms with Crippen LogP contribution in [0.1, 0.15) is 31.4 Å². The zero-order chi connectivity index (χ0) is 11.7. The molecule has 1 aromatic carbocycles. The number of halogens is 1. The number of anilines is 1. The van der Waals surface area contributed by atoms with Crippen LogP contribution in [0, 0.1) is 5.92 Å². The van der Waals surface area contributed by atoms with Gasteiger partial charge in [0.15, 0.2) is 0 Å². The molecule has 0 amide bonds. The highest BCUT2D eigenvalue weighted by atomic mass is 35.5. The lowest BCUT2D eigenvalue weighted by Gasteiger charge is -2.21. The normalized spacial score (nSPS) is 17.2. The Hall–Kier alpha value is -0.730. The number of hydrogen-bond donors (Lipinski definition) is 1. The molecule has 1 fully saturated rings. The smallest absolute Gasteiger partial charge is 0.0642 e. The van der Waals surface area contributed by atoms with Gasteiger partial charge in [0.1, 0.15) is 0 Å². The first-order valence-electron chi connectivity index (χ1n) is 5.84. The molecule has 2 nitrogen and oxygen atoms in total. The Bertz CT molecular complexity index is 372. The van der Waals surface area contributed by atoms with E-state index in [9.17, 15) is 0 Å². The van der Waals surface area contributed by atoms with Crippen molar-refractivity contribution < 1.29 is 0 Å². The molecule has 0 aromatic heterocycles. The Balaban J connectivity index is 2.14. The molecule has 1 saturated carbocycles. The summed E-state index contributed by atoms with van der Waals surface area (Å²) < 4.78 is 0. The first kappa shape index (κ1) is 11.7. The highest BCUT2D eigenvalue weighted by Crippen LogP contribution is 2.33. The molecule has 3 heteroatoms. The van der Waals surface area contributed by atoms with E-state index in [-0.39, 0.29) is 6.04 Å². The molecular formula is C13H19ClN2. The lowest BCUT2D eigenvalue weighted by atomic mass is 10.1. The molecule has 16 heavy (non-hydrogen) atoms. The Morgan fingerprint density at radius 3 is 2.69 bits per heavy atom. The summed E-state index contributed by atoms with van der Waals surface area (Å²) >= 11 is 6.27. The summed E-state index contributed by atoms with van der Waals surface area (Å²) in [5, 5.41) is 0.804. The minimum absolute atomic E-state index is 0.0419. The quantitative estimate of drug-likeness (QED) is 0.873. The van der Waals surface area contributed by atoms with Crippen molar-refractivity contribution in [1.29, 1.82) is 0 Å². The van der Waals surface area contributed by atoms with Gasteiger partial charge in [0.05, 0.1) is 10.7 Å². The van der Waals surface area contributed by atoms with Gasteiger partial charge in [0.25, 0.3) is 0 Å². The topological polar surface area (TPSA) is 29.3 Å². The summed E-state index contributed by atoms with van der Waals surface area (Å²) in [4.78, 5) is 2.24. The fourth-order valence-electron chi connectivity index (χ4n) is 1.90. The molecule has 1 atom stereocenters. The van der Waals surface area contributed by atoms with Crippen LogP contribution >= 0.6 is 11.6 Å². The molecule has 2 N–H and O–H groups in total. The van der Waals surface area contributed by atoms with E-state index >= 15 is 0 Å². The van der Waals surface area contributed by atoms with E-state index in [1.165, 1.54) is 12.8 Å². The summed E-state index contributed by atoms with van der Waals surface area (Å²) in [6.07, 6.45) is 2.72. The molecule has 1 aromatic rings. The SMILES string of the molecule is C[C@H](N)c1ccc(N(C)CC2CC2)c(Cl)c1. The van der Waals surface area contributed by atoms with E-state index in [2.05, 4.69) is 24.1 Å². The molecular weight excluding hydrogens is 220 g/mol. The standard InChI is InChI=1S/C13H19ClN2/c1-9(15)11-5-6-13(12(14)7-11)16(2)8-10-3-4-10/h5-7,9-10H,3-4,8,15H2,1-2H3/t9-/m0/s1. The van der Waals surface area contributed by atoms with Crippen LogP contribution in [0.2, 0.25) is 5.02 Å². The summed E-state index contributed by atoms with van der Waals surface area (Å²) in [6.45, 7) is 3.08. The Labute approximate surface area is 102 Å². The predicted molar refractivity (Wildman–Crippen MR) is 70.0 cm³/mol. The predicted octanol–water partition coefficient (Wildman–Crippen LogP) is 3.21. The number of nitrogens with zero attached hydrogens (tertiary/aromatic N) is 1. The van der Waals surface area contributed by atoms with Gasteiger partial charge in [-0.15, -0.1) is 0 Å². The molecule has 1 aliphatic rings. The highest BCUT2D eigenvalue weighted by molar-refractivity contribution is 6.33. The van der Waals surface area contributed by atoms with Crippen LogP contribution in [0.15, 0.2) is 18.2 Å². The van der Waals surface area contributed by atoms with Crippen LogP contribution in [0.5, 0.6) is 0 Å². The fourth-order valence-corrected chi connectivity index (χ4v) is 2.24. The number of rotatable bonds is 4. The Morgan fingerprint density at radius 2 is 2.19 bits per heavy atom. The summed E-state index contributed by atoms with van der Waals surface area (Å²) in [5.41, 5.74) is 8.03. The summed E-state index contributed by atoms with van der Waals surface area (Å²) in [6, 6.07) is 6.16. The molecule has 88 valence electrons. The second-order valence-electron chi connectivity index (χ2n) is 4.82. The van der Waals surface area contributed by atoms with Gasteiger partial charge in [0.2, 0.25) is 0 Å². The molecule has 0 saturated heterocycles. The van der Waals surface area contributed by atoms with Crippen LogP contribution in [0.25, 0.3) is 0 Å².